The average Bonchev–Trinajstić information content (AvgIpc) is 2.90. The Morgan fingerprint density at radius 3 is 2.55 bits per heavy atom. The zero-order chi connectivity index (χ0) is 15.9. The first kappa shape index (κ1) is 14.7. The lowest BCUT2D eigenvalue weighted by Crippen LogP contribution is -2.27. The molecular formula is C14H11Cl2N5O. The number of carbonyl (C=O) groups excluding carboxylic acids is 1. The van der Waals surface area contributed by atoms with Gasteiger partial charge in [-0.3, -0.25) is 4.79 Å². The molecular weight excluding hydrogens is 325 g/mol. The van der Waals surface area contributed by atoms with Gasteiger partial charge in [-0.25, -0.2) is 9.50 Å². The van der Waals surface area contributed by atoms with Crippen LogP contribution in [0.1, 0.15) is 16.3 Å². The molecule has 112 valence electrons. The summed E-state index contributed by atoms with van der Waals surface area (Å²) >= 11 is 11.9. The van der Waals surface area contributed by atoms with E-state index in [2.05, 4.69) is 15.1 Å². The summed E-state index contributed by atoms with van der Waals surface area (Å²) in [7, 11) is 1.61. The Morgan fingerprint density at radius 1 is 1.23 bits per heavy atom. The minimum atomic E-state index is -0.372. The number of anilines is 1. The lowest BCUT2D eigenvalue weighted by Gasteiger charge is -2.16. The minimum Gasteiger partial charge on any atom is -0.309 e. The number of benzene rings is 1. The number of carbonyl (C=O) groups is 1. The molecule has 0 saturated carbocycles. The molecule has 3 rings (SSSR count). The molecule has 0 bridgehead atoms. The van der Waals surface area contributed by atoms with Gasteiger partial charge in [-0.1, -0.05) is 23.2 Å². The van der Waals surface area contributed by atoms with E-state index in [-0.39, 0.29) is 11.7 Å². The van der Waals surface area contributed by atoms with Crippen LogP contribution in [0.4, 0.5) is 5.69 Å². The highest BCUT2D eigenvalue weighted by atomic mass is 35.5. The summed E-state index contributed by atoms with van der Waals surface area (Å²) in [4.78, 5) is 22.1. The molecule has 3 aromatic rings. The first-order valence-corrected chi connectivity index (χ1v) is 7.14. The van der Waals surface area contributed by atoms with E-state index in [9.17, 15) is 4.79 Å². The number of hydrogen-bond acceptors (Lipinski definition) is 4. The predicted octanol–water partition coefficient (Wildman–Crippen LogP) is 3.02. The number of nitrogens with zero attached hydrogens (tertiary/aromatic N) is 5. The molecule has 0 saturated heterocycles. The van der Waals surface area contributed by atoms with Crippen LogP contribution in [0.5, 0.6) is 0 Å². The van der Waals surface area contributed by atoms with Crippen molar-refractivity contribution in [3.63, 3.8) is 0 Å². The summed E-state index contributed by atoms with van der Waals surface area (Å²) in [5, 5.41) is 5.08. The van der Waals surface area contributed by atoms with Gasteiger partial charge in [-0.2, -0.15) is 4.98 Å². The Labute approximate surface area is 136 Å². The highest BCUT2D eigenvalue weighted by Crippen LogP contribution is 2.25. The Morgan fingerprint density at radius 2 is 1.91 bits per heavy atom. The van der Waals surface area contributed by atoms with Crippen molar-refractivity contribution in [1.82, 2.24) is 19.6 Å². The quantitative estimate of drug-likeness (QED) is 0.722. The lowest BCUT2D eigenvalue weighted by atomic mass is 10.3. The third-order valence-electron chi connectivity index (χ3n) is 3.16. The Balaban J connectivity index is 1.99. The maximum atomic E-state index is 12.5. The molecule has 1 aromatic carbocycles. The fourth-order valence-electron chi connectivity index (χ4n) is 2.00. The van der Waals surface area contributed by atoms with Gasteiger partial charge in [0.1, 0.15) is 0 Å². The number of halogens is 2. The Hall–Kier alpha value is -2.18. The topological polar surface area (TPSA) is 63.4 Å². The van der Waals surface area contributed by atoms with Gasteiger partial charge in [0.2, 0.25) is 5.82 Å². The SMILES string of the molecule is Cc1ccnc2nc(C(=O)N(C)c3cc(Cl)cc(Cl)c3)nn12. The van der Waals surface area contributed by atoms with Gasteiger partial charge in [0, 0.05) is 34.7 Å². The largest absolute Gasteiger partial charge is 0.309 e. The second-order valence-corrected chi connectivity index (χ2v) is 5.60. The zero-order valence-corrected chi connectivity index (χ0v) is 13.3. The molecule has 0 fully saturated rings. The number of aromatic nitrogens is 4. The van der Waals surface area contributed by atoms with Gasteiger partial charge >= 0.3 is 0 Å². The van der Waals surface area contributed by atoms with E-state index in [1.54, 1.807) is 37.5 Å². The Bertz CT molecular complexity index is 857. The highest BCUT2D eigenvalue weighted by molar-refractivity contribution is 6.35. The number of hydrogen-bond donors (Lipinski definition) is 0. The summed E-state index contributed by atoms with van der Waals surface area (Å²) in [5.41, 5.74) is 1.40. The van der Waals surface area contributed by atoms with Crippen molar-refractivity contribution < 1.29 is 4.79 Å². The zero-order valence-electron chi connectivity index (χ0n) is 11.8. The van der Waals surface area contributed by atoms with Crippen LogP contribution in [0.2, 0.25) is 10.0 Å². The fourth-order valence-corrected chi connectivity index (χ4v) is 2.51. The number of aryl methyl sites for hydroxylation is 1. The number of amides is 1. The maximum absolute atomic E-state index is 12.5. The molecule has 2 aromatic heterocycles. The Kier molecular flexibility index (Phi) is 3.72. The van der Waals surface area contributed by atoms with Gasteiger partial charge in [0.15, 0.2) is 0 Å². The minimum absolute atomic E-state index is 0.0559. The van der Waals surface area contributed by atoms with Gasteiger partial charge in [0.05, 0.1) is 0 Å². The van der Waals surface area contributed by atoms with E-state index in [0.29, 0.717) is 21.5 Å². The molecule has 0 radical (unpaired) electrons. The van der Waals surface area contributed by atoms with E-state index in [4.69, 9.17) is 23.2 Å². The molecule has 0 unspecified atom stereocenters. The van der Waals surface area contributed by atoms with Crippen molar-refractivity contribution in [3.8, 4) is 0 Å². The average molecular weight is 336 g/mol. The monoisotopic (exact) mass is 335 g/mol. The first-order chi connectivity index (χ1) is 10.5. The van der Waals surface area contributed by atoms with Crippen LogP contribution >= 0.6 is 23.2 Å². The molecule has 0 aliphatic rings. The molecule has 1 amide bonds. The molecule has 0 atom stereocenters. The smallest absolute Gasteiger partial charge is 0.297 e. The van der Waals surface area contributed by atoms with Crippen LogP contribution in [0, 0.1) is 6.92 Å². The van der Waals surface area contributed by atoms with E-state index in [0.717, 1.165) is 5.69 Å². The van der Waals surface area contributed by atoms with Crippen molar-refractivity contribution in [3.05, 3.63) is 52.0 Å². The van der Waals surface area contributed by atoms with Gasteiger partial charge in [-0.05, 0) is 31.2 Å². The van der Waals surface area contributed by atoms with E-state index in [1.807, 2.05) is 6.92 Å². The number of fused-ring (bicyclic) bond motifs is 1. The standard InChI is InChI=1S/C14H11Cl2N5O/c1-8-3-4-17-14-18-12(19-21(8)14)13(22)20(2)11-6-9(15)5-10(16)7-11/h3-7H,1-2H3. The molecule has 0 aliphatic carbocycles. The molecule has 0 spiro atoms. The first-order valence-electron chi connectivity index (χ1n) is 6.38. The summed E-state index contributed by atoms with van der Waals surface area (Å²) in [5.74, 6) is 0.0597. The van der Waals surface area contributed by atoms with Crippen LogP contribution in [0.15, 0.2) is 30.5 Å². The van der Waals surface area contributed by atoms with Crippen LogP contribution in [-0.2, 0) is 0 Å². The molecule has 6 nitrogen and oxygen atoms in total. The van der Waals surface area contributed by atoms with E-state index in [1.165, 1.54) is 9.42 Å². The summed E-state index contributed by atoms with van der Waals surface area (Å²) in [6, 6.07) is 6.67. The van der Waals surface area contributed by atoms with Crippen LogP contribution in [0.25, 0.3) is 5.78 Å². The molecule has 0 aliphatic heterocycles. The highest BCUT2D eigenvalue weighted by Gasteiger charge is 2.20. The second-order valence-electron chi connectivity index (χ2n) is 4.73. The van der Waals surface area contributed by atoms with E-state index < -0.39 is 0 Å². The van der Waals surface area contributed by atoms with Gasteiger partial charge in [0.25, 0.3) is 11.7 Å². The second kappa shape index (κ2) is 5.55. The third-order valence-corrected chi connectivity index (χ3v) is 3.60. The molecule has 22 heavy (non-hydrogen) atoms. The van der Waals surface area contributed by atoms with Gasteiger partial charge in [-0.15, -0.1) is 5.10 Å². The number of rotatable bonds is 2. The molecule has 8 heteroatoms. The van der Waals surface area contributed by atoms with Crippen molar-refractivity contribution in [2.24, 2.45) is 0 Å². The summed E-state index contributed by atoms with van der Waals surface area (Å²) < 4.78 is 1.52. The summed E-state index contributed by atoms with van der Waals surface area (Å²) in [6.45, 7) is 1.86. The van der Waals surface area contributed by atoms with Crippen molar-refractivity contribution in [2.45, 2.75) is 6.92 Å². The van der Waals surface area contributed by atoms with Crippen LogP contribution < -0.4 is 4.90 Å². The molecule has 2 heterocycles. The van der Waals surface area contributed by atoms with Gasteiger partial charge < -0.3 is 4.90 Å². The third kappa shape index (κ3) is 2.63. The lowest BCUT2D eigenvalue weighted by molar-refractivity contribution is 0.0983. The van der Waals surface area contributed by atoms with Crippen LogP contribution in [0.3, 0.4) is 0 Å². The van der Waals surface area contributed by atoms with E-state index >= 15 is 0 Å². The van der Waals surface area contributed by atoms with Crippen molar-refractivity contribution in [1.29, 1.82) is 0 Å². The fraction of sp³-hybridized carbons (Fsp3) is 0.143. The van der Waals surface area contributed by atoms with Crippen molar-refractivity contribution >= 4 is 40.6 Å². The normalized spacial score (nSPS) is 10.9. The van der Waals surface area contributed by atoms with Crippen LogP contribution in [-0.4, -0.2) is 32.5 Å². The summed E-state index contributed by atoms with van der Waals surface area (Å²) in [6.07, 6.45) is 1.62. The van der Waals surface area contributed by atoms with Crippen molar-refractivity contribution in [2.75, 3.05) is 11.9 Å². The molecule has 0 N–H and O–H groups in total. The maximum Gasteiger partial charge on any atom is 0.297 e. The predicted molar refractivity (Wildman–Crippen MR) is 84.7 cm³/mol.